The molecule has 0 saturated heterocycles. The topological polar surface area (TPSA) is 103 Å². The molecule has 1 aliphatic rings. The second-order valence-electron chi connectivity index (χ2n) is 4.75. The summed E-state index contributed by atoms with van der Waals surface area (Å²) in [5.74, 6) is -1.18. The molecule has 2 N–H and O–H groups in total. The first-order valence-electron chi connectivity index (χ1n) is 6.31. The van der Waals surface area contributed by atoms with Gasteiger partial charge in [-0.2, -0.15) is 4.31 Å². The van der Waals surface area contributed by atoms with Gasteiger partial charge in [0.05, 0.1) is 29.2 Å². The van der Waals surface area contributed by atoms with E-state index in [4.69, 9.17) is 0 Å². The Balaban J connectivity index is 2.05. The highest BCUT2D eigenvalue weighted by molar-refractivity contribution is 7.89. The first-order chi connectivity index (χ1) is 10.00. The van der Waals surface area contributed by atoms with E-state index >= 15 is 0 Å². The predicted octanol–water partition coefficient (Wildman–Crippen LogP) is 0.610. The van der Waals surface area contributed by atoms with E-state index in [1.54, 1.807) is 18.2 Å². The van der Waals surface area contributed by atoms with Crippen LogP contribution in [-0.4, -0.2) is 39.8 Å². The van der Waals surface area contributed by atoms with Crippen LogP contribution in [0.15, 0.2) is 41.6 Å². The van der Waals surface area contributed by atoms with Gasteiger partial charge in [0, 0.05) is 6.42 Å². The third-order valence-electron chi connectivity index (χ3n) is 3.49. The number of imidazole rings is 1. The van der Waals surface area contributed by atoms with Crippen molar-refractivity contribution in [3.63, 3.8) is 0 Å². The number of hydrogen-bond donors (Lipinski definition) is 2. The molecule has 0 amide bonds. The molecule has 1 unspecified atom stereocenters. The molecule has 1 atom stereocenters. The van der Waals surface area contributed by atoms with Crippen molar-refractivity contribution in [2.45, 2.75) is 23.9 Å². The Morgan fingerprint density at radius 1 is 1.33 bits per heavy atom. The summed E-state index contributed by atoms with van der Waals surface area (Å²) in [7, 11) is -3.87. The predicted molar refractivity (Wildman–Crippen MR) is 72.9 cm³/mol. The van der Waals surface area contributed by atoms with Crippen LogP contribution in [0.4, 0.5) is 0 Å². The molecule has 2 aromatic rings. The number of nitrogens with one attached hydrogen (secondary N) is 1. The molecule has 0 fully saturated rings. The van der Waals surface area contributed by atoms with Crippen LogP contribution in [0.1, 0.15) is 11.4 Å². The maximum absolute atomic E-state index is 12.7. The molecule has 0 saturated carbocycles. The van der Waals surface area contributed by atoms with Gasteiger partial charge in [0.2, 0.25) is 10.0 Å². The van der Waals surface area contributed by atoms with Crippen molar-refractivity contribution in [1.82, 2.24) is 14.3 Å². The fraction of sp³-hybridized carbons (Fsp3) is 0.231. The molecule has 110 valence electrons. The Morgan fingerprint density at radius 3 is 2.71 bits per heavy atom. The first-order valence-corrected chi connectivity index (χ1v) is 7.75. The van der Waals surface area contributed by atoms with Gasteiger partial charge in [-0.05, 0) is 12.1 Å². The summed E-state index contributed by atoms with van der Waals surface area (Å²) in [4.78, 5) is 18.4. The van der Waals surface area contributed by atoms with Crippen molar-refractivity contribution in [3.8, 4) is 0 Å². The number of rotatable bonds is 3. The summed E-state index contributed by atoms with van der Waals surface area (Å²) in [6.07, 6.45) is 1.50. The van der Waals surface area contributed by atoms with E-state index in [9.17, 15) is 18.3 Å². The highest BCUT2D eigenvalue weighted by Crippen LogP contribution is 2.27. The van der Waals surface area contributed by atoms with E-state index in [1.807, 2.05) is 0 Å². The lowest BCUT2D eigenvalue weighted by molar-refractivity contribution is -0.141. The summed E-state index contributed by atoms with van der Waals surface area (Å²) < 4.78 is 26.3. The second-order valence-corrected chi connectivity index (χ2v) is 6.64. The Morgan fingerprint density at radius 2 is 2.05 bits per heavy atom. The fourth-order valence-electron chi connectivity index (χ4n) is 2.40. The van der Waals surface area contributed by atoms with Gasteiger partial charge in [-0.1, -0.05) is 18.2 Å². The lowest BCUT2D eigenvalue weighted by Crippen LogP contribution is -2.48. The smallest absolute Gasteiger partial charge is 0.322 e. The summed E-state index contributed by atoms with van der Waals surface area (Å²) in [5, 5.41) is 9.34. The minimum absolute atomic E-state index is 0.0243. The minimum Gasteiger partial charge on any atom is -0.480 e. The third-order valence-corrected chi connectivity index (χ3v) is 5.36. The number of aliphatic carboxylic acids is 1. The molecule has 0 bridgehead atoms. The number of sulfonamides is 1. The van der Waals surface area contributed by atoms with Crippen molar-refractivity contribution < 1.29 is 18.3 Å². The number of carbonyl (C=O) groups is 1. The van der Waals surface area contributed by atoms with Crippen LogP contribution in [-0.2, 0) is 27.8 Å². The van der Waals surface area contributed by atoms with E-state index in [1.165, 1.54) is 18.5 Å². The lowest BCUT2D eigenvalue weighted by atomic mass is 10.1. The number of hydrogen-bond acceptors (Lipinski definition) is 4. The third kappa shape index (κ3) is 2.32. The summed E-state index contributed by atoms with van der Waals surface area (Å²) >= 11 is 0. The molecule has 2 heterocycles. The molecule has 1 aliphatic heterocycles. The van der Waals surface area contributed by atoms with Gasteiger partial charge in [-0.15, -0.1) is 0 Å². The van der Waals surface area contributed by atoms with Crippen LogP contribution >= 0.6 is 0 Å². The Bertz CT molecular complexity index is 770. The Labute approximate surface area is 121 Å². The summed E-state index contributed by atoms with van der Waals surface area (Å²) in [6.45, 7) is -0.0243. The first kappa shape index (κ1) is 13.8. The monoisotopic (exact) mass is 307 g/mol. The number of fused-ring (bicyclic) bond motifs is 1. The van der Waals surface area contributed by atoms with Crippen LogP contribution in [0.2, 0.25) is 0 Å². The van der Waals surface area contributed by atoms with Crippen molar-refractivity contribution in [2.75, 3.05) is 0 Å². The zero-order valence-corrected chi connectivity index (χ0v) is 11.7. The lowest BCUT2D eigenvalue weighted by Gasteiger charge is -2.31. The number of carboxylic acids is 1. The van der Waals surface area contributed by atoms with E-state index < -0.39 is 22.0 Å². The van der Waals surface area contributed by atoms with E-state index in [2.05, 4.69) is 9.97 Å². The van der Waals surface area contributed by atoms with Gasteiger partial charge >= 0.3 is 5.97 Å². The van der Waals surface area contributed by atoms with Crippen molar-refractivity contribution in [2.24, 2.45) is 0 Å². The van der Waals surface area contributed by atoms with Gasteiger partial charge in [0.25, 0.3) is 0 Å². The molecular weight excluding hydrogens is 294 g/mol. The molecule has 3 rings (SSSR count). The SMILES string of the molecule is O=C(O)C1Cc2nc[nH]c2CN1S(=O)(=O)c1ccccc1. The number of aromatic amines is 1. The second kappa shape index (κ2) is 4.97. The van der Waals surface area contributed by atoms with Crippen molar-refractivity contribution in [3.05, 3.63) is 48.0 Å². The number of benzene rings is 1. The highest BCUT2D eigenvalue weighted by Gasteiger charge is 2.40. The van der Waals surface area contributed by atoms with Crippen molar-refractivity contribution >= 4 is 16.0 Å². The minimum atomic E-state index is -3.87. The van der Waals surface area contributed by atoms with Crippen molar-refractivity contribution in [1.29, 1.82) is 0 Å². The molecule has 1 aromatic carbocycles. The number of nitrogens with zero attached hydrogens (tertiary/aromatic N) is 2. The summed E-state index contributed by atoms with van der Waals surface area (Å²) in [6, 6.07) is 6.68. The van der Waals surface area contributed by atoms with E-state index in [-0.39, 0.29) is 17.9 Å². The van der Waals surface area contributed by atoms with Crippen LogP contribution in [0.5, 0.6) is 0 Å². The van der Waals surface area contributed by atoms with Gasteiger partial charge in [0.1, 0.15) is 6.04 Å². The van der Waals surface area contributed by atoms with Crippen LogP contribution in [0, 0.1) is 0 Å². The van der Waals surface area contributed by atoms with Gasteiger partial charge in [-0.3, -0.25) is 4.79 Å². The highest BCUT2D eigenvalue weighted by atomic mass is 32.2. The largest absolute Gasteiger partial charge is 0.480 e. The van der Waals surface area contributed by atoms with Crippen LogP contribution in [0.3, 0.4) is 0 Å². The van der Waals surface area contributed by atoms with E-state index in [0.29, 0.717) is 11.4 Å². The molecular formula is C13H13N3O4S. The van der Waals surface area contributed by atoms with Gasteiger partial charge in [-0.25, -0.2) is 13.4 Å². The molecule has 0 spiro atoms. The zero-order valence-electron chi connectivity index (χ0n) is 10.9. The van der Waals surface area contributed by atoms with Crippen LogP contribution < -0.4 is 0 Å². The molecule has 7 nitrogen and oxygen atoms in total. The Hall–Kier alpha value is -2.19. The molecule has 0 aliphatic carbocycles. The maximum Gasteiger partial charge on any atom is 0.322 e. The van der Waals surface area contributed by atoms with Crippen LogP contribution in [0.25, 0.3) is 0 Å². The average Bonchev–Trinajstić information content (AvgIpc) is 2.94. The maximum atomic E-state index is 12.7. The Kier molecular flexibility index (Phi) is 3.26. The standard InChI is InChI=1S/C13H13N3O4S/c17-13(18)12-6-10-11(15-8-14-10)7-16(12)21(19,20)9-4-2-1-3-5-9/h1-5,8,12H,6-7H2,(H,14,15)(H,17,18). The number of carboxylic acid groups (broad SMARTS) is 1. The average molecular weight is 307 g/mol. The number of H-pyrrole nitrogens is 1. The zero-order chi connectivity index (χ0) is 15.0. The quantitative estimate of drug-likeness (QED) is 0.864. The molecule has 21 heavy (non-hydrogen) atoms. The fourth-order valence-corrected chi connectivity index (χ4v) is 3.97. The van der Waals surface area contributed by atoms with Gasteiger partial charge < -0.3 is 10.1 Å². The summed E-state index contributed by atoms with van der Waals surface area (Å²) in [5.41, 5.74) is 1.23. The normalized spacial score (nSPS) is 19.1. The van der Waals surface area contributed by atoms with Gasteiger partial charge in [0.15, 0.2) is 0 Å². The van der Waals surface area contributed by atoms with E-state index in [0.717, 1.165) is 4.31 Å². The molecule has 0 radical (unpaired) electrons. The molecule has 8 heteroatoms. The molecule has 1 aromatic heterocycles. The number of aromatic nitrogens is 2.